The summed E-state index contributed by atoms with van der Waals surface area (Å²) in [7, 11) is 0. The van der Waals surface area contributed by atoms with Crippen molar-refractivity contribution in [2.45, 2.75) is 6.92 Å². The summed E-state index contributed by atoms with van der Waals surface area (Å²) < 4.78 is 0.776. The monoisotopic (exact) mass is 339 g/mol. The van der Waals surface area contributed by atoms with Gasteiger partial charge in [-0.05, 0) is 58.7 Å². The first-order valence-electron chi connectivity index (χ1n) is 5.54. The summed E-state index contributed by atoms with van der Waals surface area (Å²) in [5.41, 5.74) is 2.80. The van der Waals surface area contributed by atoms with Gasteiger partial charge in [0.2, 0.25) is 0 Å². The molecule has 0 aliphatic carbocycles. The molecule has 0 aliphatic rings. The van der Waals surface area contributed by atoms with E-state index in [1.165, 1.54) is 0 Å². The zero-order valence-corrected chi connectivity index (χ0v) is 12.4. The van der Waals surface area contributed by atoms with E-state index in [0.717, 1.165) is 21.4 Å². The zero-order chi connectivity index (χ0) is 14.0. The summed E-state index contributed by atoms with van der Waals surface area (Å²) in [6.07, 6.45) is 0. The fraction of sp³-hybridized carbons (Fsp3) is 0.0714. The summed E-state index contributed by atoms with van der Waals surface area (Å²) in [6.45, 7) is 1.85. The summed E-state index contributed by atoms with van der Waals surface area (Å²) >= 11 is 9.43. The smallest absolute Gasteiger partial charge is 0.335 e. The maximum absolute atomic E-state index is 10.9. The van der Waals surface area contributed by atoms with Crippen LogP contribution >= 0.6 is 27.5 Å². The number of carboxylic acid groups (broad SMARTS) is 1. The van der Waals surface area contributed by atoms with Crippen molar-refractivity contribution in [3.05, 3.63) is 57.0 Å². The highest BCUT2D eigenvalue weighted by Crippen LogP contribution is 2.33. The maximum atomic E-state index is 10.9. The molecule has 0 saturated carbocycles. The summed E-state index contributed by atoms with van der Waals surface area (Å²) in [4.78, 5) is 10.9. The number of aromatic carboxylic acids is 1. The summed E-state index contributed by atoms with van der Waals surface area (Å²) in [5.74, 6) is -0.932. The third-order valence-corrected chi connectivity index (χ3v) is 4.09. The molecule has 19 heavy (non-hydrogen) atoms. The lowest BCUT2D eigenvalue weighted by Crippen LogP contribution is -1.99. The van der Waals surface area contributed by atoms with Gasteiger partial charge in [0.05, 0.1) is 20.7 Å². The minimum atomic E-state index is -0.932. The molecule has 0 aliphatic heterocycles. The highest BCUT2D eigenvalue weighted by molar-refractivity contribution is 9.10. The number of anilines is 2. The van der Waals surface area contributed by atoms with E-state index < -0.39 is 5.97 Å². The molecule has 2 aromatic rings. The van der Waals surface area contributed by atoms with E-state index in [1.54, 1.807) is 24.3 Å². The topological polar surface area (TPSA) is 49.3 Å². The lowest BCUT2D eigenvalue weighted by atomic mass is 10.1. The molecule has 0 atom stereocenters. The van der Waals surface area contributed by atoms with Gasteiger partial charge in [-0.1, -0.05) is 17.7 Å². The first kappa shape index (κ1) is 13.9. The number of benzene rings is 2. The third kappa shape index (κ3) is 3.08. The Morgan fingerprint density at radius 3 is 2.63 bits per heavy atom. The first-order chi connectivity index (χ1) is 8.99. The van der Waals surface area contributed by atoms with Crippen LogP contribution in [0, 0.1) is 6.92 Å². The minimum Gasteiger partial charge on any atom is -0.478 e. The molecule has 0 aromatic heterocycles. The Balaban J connectivity index is 2.34. The number of carboxylic acids is 1. The van der Waals surface area contributed by atoms with E-state index in [4.69, 9.17) is 16.7 Å². The predicted octanol–water partition coefficient (Wildman–Crippen LogP) is 4.85. The molecular formula is C14H11BrClNO2. The van der Waals surface area contributed by atoms with Crippen LogP contribution in [0.4, 0.5) is 11.4 Å². The lowest BCUT2D eigenvalue weighted by molar-refractivity contribution is 0.0697. The average molecular weight is 341 g/mol. The normalized spacial score (nSPS) is 10.3. The Morgan fingerprint density at radius 1 is 1.26 bits per heavy atom. The molecule has 0 spiro atoms. The molecule has 98 valence electrons. The van der Waals surface area contributed by atoms with E-state index in [2.05, 4.69) is 21.2 Å². The summed E-state index contributed by atoms with van der Waals surface area (Å²) in [6, 6.07) is 10.5. The van der Waals surface area contributed by atoms with Gasteiger partial charge >= 0.3 is 5.97 Å². The molecule has 0 unspecified atom stereocenters. The van der Waals surface area contributed by atoms with Gasteiger partial charge < -0.3 is 10.4 Å². The number of hydrogen-bond acceptors (Lipinski definition) is 2. The van der Waals surface area contributed by atoms with Crippen LogP contribution < -0.4 is 5.32 Å². The van der Waals surface area contributed by atoms with Gasteiger partial charge in [-0.2, -0.15) is 0 Å². The first-order valence-corrected chi connectivity index (χ1v) is 6.71. The largest absolute Gasteiger partial charge is 0.478 e. The highest BCUT2D eigenvalue weighted by atomic mass is 79.9. The van der Waals surface area contributed by atoms with Gasteiger partial charge in [0, 0.05) is 5.69 Å². The van der Waals surface area contributed by atoms with Crippen molar-refractivity contribution in [2.75, 3.05) is 5.32 Å². The second-order valence-electron chi connectivity index (χ2n) is 4.06. The van der Waals surface area contributed by atoms with Crippen LogP contribution in [0.15, 0.2) is 40.9 Å². The van der Waals surface area contributed by atoms with Crippen molar-refractivity contribution in [2.24, 2.45) is 0 Å². The van der Waals surface area contributed by atoms with Gasteiger partial charge in [0.25, 0.3) is 0 Å². The second kappa shape index (κ2) is 5.63. The Morgan fingerprint density at radius 2 is 2.00 bits per heavy atom. The quantitative estimate of drug-likeness (QED) is 0.839. The third-order valence-electron chi connectivity index (χ3n) is 2.69. The van der Waals surface area contributed by atoms with E-state index >= 15 is 0 Å². The van der Waals surface area contributed by atoms with Crippen LogP contribution in [-0.4, -0.2) is 11.1 Å². The van der Waals surface area contributed by atoms with Gasteiger partial charge in [-0.25, -0.2) is 4.79 Å². The van der Waals surface area contributed by atoms with Crippen molar-refractivity contribution in [3.63, 3.8) is 0 Å². The SMILES string of the molecule is Cc1cc(C(=O)O)ccc1Nc1cccc(Cl)c1Br. The molecule has 0 fully saturated rings. The van der Waals surface area contributed by atoms with Gasteiger partial charge in [-0.3, -0.25) is 0 Å². The fourth-order valence-electron chi connectivity index (χ4n) is 1.68. The van der Waals surface area contributed by atoms with Crippen molar-refractivity contribution in [3.8, 4) is 0 Å². The Bertz CT molecular complexity index is 643. The molecule has 0 bridgehead atoms. The fourth-order valence-corrected chi connectivity index (χ4v) is 2.22. The lowest BCUT2D eigenvalue weighted by Gasteiger charge is -2.12. The number of halogens is 2. The molecule has 2 N–H and O–H groups in total. The molecule has 0 amide bonds. The average Bonchev–Trinajstić information content (AvgIpc) is 2.37. The Hall–Kier alpha value is -1.52. The molecular weight excluding hydrogens is 330 g/mol. The number of nitrogens with one attached hydrogen (secondary N) is 1. The van der Waals surface area contributed by atoms with Crippen LogP contribution in [0.1, 0.15) is 15.9 Å². The van der Waals surface area contributed by atoms with Crippen molar-refractivity contribution >= 4 is 44.9 Å². The van der Waals surface area contributed by atoms with E-state index in [1.807, 2.05) is 19.1 Å². The van der Waals surface area contributed by atoms with Gasteiger partial charge in [0.15, 0.2) is 0 Å². The van der Waals surface area contributed by atoms with Crippen molar-refractivity contribution in [1.82, 2.24) is 0 Å². The molecule has 5 heteroatoms. The molecule has 0 heterocycles. The standard InChI is InChI=1S/C14H11BrClNO2/c1-8-7-9(14(18)19)5-6-11(8)17-12-4-2-3-10(16)13(12)15/h2-7,17H,1H3,(H,18,19). The molecule has 0 radical (unpaired) electrons. The zero-order valence-electron chi connectivity index (χ0n) is 10.1. The molecule has 0 saturated heterocycles. The van der Waals surface area contributed by atoms with Crippen molar-refractivity contribution in [1.29, 1.82) is 0 Å². The van der Waals surface area contributed by atoms with Crippen LogP contribution in [0.25, 0.3) is 0 Å². The van der Waals surface area contributed by atoms with Crippen LogP contribution in [0.3, 0.4) is 0 Å². The molecule has 3 nitrogen and oxygen atoms in total. The highest BCUT2D eigenvalue weighted by Gasteiger charge is 2.08. The minimum absolute atomic E-state index is 0.271. The number of aryl methyl sites for hydroxylation is 1. The Labute approximate surface area is 124 Å². The number of hydrogen-bond donors (Lipinski definition) is 2. The van der Waals surface area contributed by atoms with E-state index in [9.17, 15) is 4.79 Å². The molecule has 2 rings (SSSR count). The van der Waals surface area contributed by atoms with Gasteiger partial charge in [0.1, 0.15) is 0 Å². The van der Waals surface area contributed by atoms with Crippen LogP contribution in [0.5, 0.6) is 0 Å². The van der Waals surface area contributed by atoms with Crippen molar-refractivity contribution < 1.29 is 9.90 Å². The number of rotatable bonds is 3. The molecule has 2 aromatic carbocycles. The van der Waals surface area contributed by atoms with Crippen LogP contribution in [0.2, 0.25) is 5.02 Å². The predicted molar refractivity (Wildman–Crippen MR) is 80.6 cm³/mol. The second-order valence-corrected chi connectivity index (χ2v) is 5.26. The number of carbonyl (C=O) groups is 1. The Kier molecular flexibility index (Phi) is 4.12. The summed E-state index contributed by atoms with van der Waals surface area (Å²) in [5, 5.41) is 12.8. The maximum Gasteiger partial charge on any atom is 0.335 e. The van der Waals surface area contributed by atoms with Gasteiger partial charge in [-0.15, -0.1) is 0 Å². The van der Waals surface area contributed by atoms with E-state index in [-0.39, 0.29) is 5.56 Å². The van der Waals surface area contributed by atoms with E-state index in [0.29, 0.717) is 5.02 Å². The van der Waals surface area contributed by atoms with Crippen LogP contribution in [-0.2, 0) is 0 Å².